The second-order valence-electron chi connectivity index (χ2n) is 5.32. The predicted molar refractivity (Wildman–Crippen MR) is 82.9 cm³/mol. The maximum atomic E-state index is 13.0. The van der Waals surface area contributed by atoms with Crippen LogP contribution >= 0.6 is 0 Å². The molecular formula is C16H24FN3O. The first-order valence-electron chi connectivity index (χ1n) is 7.66. The lowest BCUT2D eigenvalue weighted by Gasteiger charge is -2.29. The summed E-state index contributed by atoms with van der Waals surface area (Å²) in [5.41, 5.74) is 0.754. The van der Waals surface area contributed by atoms with Crippen molar-refractivity contribution in [3.8, 4) is 0 Å². The van der Waals surface area contributed by atoms with Crippen LogP contribution in [-0.4, -0.2) is 49.6 Å². The minimum Gasteiger partial charge on any atom is -0.315 e. The van der Waals surface area contributed by atoms with Gasteiger partial charge in [0.2, 0.25) is 5.91 Å². The molecule has 0 aromatic heterocycles. The van der Waals surface area contributed by atoms with E-state index in [0.717, 1.165) is 31.7 Å². The number of anilines is 1. The van der Waals surface area contributed by atoms with E-state index >= 15 is 0 Å². The normalized spacial score (nSPS) is 18.2. The van der Waals surface area contributed by atoms with E-state index in [9.17, 15) is 9.18 Å². The van der Waals surface area contributed by atoms with Crippen LogP contribution in [0, 0.1) is 5.82 Å². The van der Waals surface area contributed by atoms with Gasteiger partial charge in [0.15, 0.2) is 0 Å². The van der Waals surface area contributed by atoms with Gasteiger partial charge in [-0.05, 0) is 50.7 Å². The Balaban J connectivity index is 2.03. The minimum atomic E-state index is -0.283. The Bertz CT molecular complexity index is 457. The van der Waals surface area contributed by atoms with Gasteiger partial charge in [0.1, 0.15) is 5.82 Å². The Morgan fingerprint density at radius 3 is 2.52 bits per heavy atom. The Labute approximate surface area is 125 Å². The Hall–Kier alpha value is -1.46. The maximum Gasteiger partial charge on any atom is 0.241 e. The minimum absolute atomic E-state index is 0.0675. The van der Waals surface area contributed by atoms with Gasteiger partial charge in [0.05, 0.1) is 6.54 Å². The molecule has 0 radical (unpaired) electrons. The number of carbonyl (C=O) groups is 1. The van der Waals surface area contributed by atoms with Gasteiger partial charge in [-0.1, -0.05) is 6.92 Å². The second kappa shape index (κ2) is 7.52. The fourth-order valence-corrected chi connectivity index (χ4v) is 2.83. The number of rotatable bonds is 6. The van der Waals surface area contributed by atoms with Crippen LogP contribution in [0.3, 0.4) is 0 Å². The molecule has 0 aliphatic carbocycles. The molecule has 0 spiro atoms. The molecule has 5 heteroatoms. The lowest BCUT2D eigenvalue weighted by molar-refractivity contribution is -0.120. The van der Waals surface area contributed by atoms with Gasteiger partial charge < -0.3 is 10.2 Å². The molecule has 0 bridgehead atoms. The largest absolute Gasteiger partial charge is 0.315 e. The quantitative estimate of drug-likeness (QED) is 0.869. The zero-order chi connectivity index (χ0) is 15.2. The van der Waals surface area contributed by atoms with E-state index in [1.54, 1.807) is 17.0 Å². The van der Waals surface area contributed by atoms with Crippen molar-refractivity contribution < 1.29 is 9.18 Å². The molecular weight excluding hydrogens is 269 g/mol. The van der Waals surface area contributed by atoms with E-state index in [4.69, 9.17) is 0 Å². The Morgan fingerprint density at radius 1 is 1.29 bits per heavy atom. The van der Waals surface area contributed by atoms with E-state index in [0.29, 0.717) is 19.1 Å². The molecule has 1 N–H and O–H groups in total. The number of hydrogen-bond acceptors (Lipinski definition) is 3. The lowest BCUT2D eigenvalue weighted by Crippen LogP contribution is -2.45. The lowest BCUT2D eigenvalue weighted by atomic mass is 10.2. The molecule has 1 aliphatic rings. The highest BCUT2D eigenvalue weighted by Gasteiger charge is 2.25. The predicted octanol–water partition coefficient (Wildman–Crippen LogP) is 1.86. The van der Waals surface area contributed by atoms with Crippen molar-refractivity contribution in [2.75, 3.05) is 37.6 Å². The highest BCUT2D eigenvalue weighted by Crippen LogP contribution is 2.16. The highest BCUT2D eigenvalue weighted by atomic mass is 19.1. The van der Waals surface area contributed by atoms with Crippen molar-refractivity contribution in [3.63, 3.8) is 0 Å². The van der Waals surface area contributed by atoms with Crippen LogP contribution < -0.4 is 10.2 Å². The molecule has 4 nitrogen and oxygen atoms in total. The smallest absolute Gasteiger partial charge is 0.241 e. The van der Waals surface area contributed by atoms with Crippen LogP contribution in [0.1, 0.15) is 20.3 Å². The number of nitrogens with one attached hydrogen (secondary N) is 1. The van der Waals surface area contributed by atoms with Crippen LogP contribution in [0.5, 0.6) is 0 Å². The average Bonchev–Trinajstić information content (AvgIpc) is 3.01. The summed E-state index contributed by atoms with van der Waals surface area (Å²) in [6.07, 6.45) is 1.09. The van der Waals surface area contributed by atoms with E-state index in [1.165, 1.54) is 12.1 Å². The van der Waals surface area contributed by atoms with Gasteiger partial charge in [-0.25, -0.2) is 4.39 Å². The summed E-state index contributed by atoms with van der Waals surface area (Å²) in [7, 11) is 0. The van der Waals surface area contributed by atoms with E-state index in [2.05, 4.69) is 17.1 Å². The number of likely N-dealkylation sites (N-methyl/N-ethyl adjacent to an activating group) is 2. The van der Waals surface area contributed by atoms with Gasteiger partial charge >= 0.3 is 0 Å². The molecule has 1 heterocycles. The molecule has 1 aromatic rings. The standard InChI is InChI=1S/C16H24FN3O/c1-3-19(15-9-10-18-11-15)12-16(21)20(4-2)14-7-5-13(17)6-8-14/h5-8,15,18H,3-4,9-12H2,1-2H3. The van der Waals surface area contributed by atoms with Crippen molar-refractivity contribution in [2.45, 2.75) is 26.3 Å². The molecule has 1 atom stereocenters. The zero-order valence-corrected chi connectivity index (χ0v) is 12.8. The van der Waals surface area contributed by atoms with Crippen molar-refractivity contribution in [1.29, 1.82) is 0 Å². The van der Waals surface area contributed by atoms with Crippen molar-refractivity contribution >= 4 is 11.6 Å². The molecule has 1 unspecified atom stereocenters. The molecule has 1 fully saturated rings. The third-order valence-electron chi connectivity index (χ3n) is 4.05. The zero-order valence-electron chi connectivity index (χ0n) is 12.8. The third kappa shape index (κ3) is 4.02. The highest BCUT2D eigenvalue weighted by molar-refractivity contribution is 5.94. The fraction of sp³-hybridized carbons (Fsp3) is 0.562. The number of carbonyl (C=O) groups excluding carboxylic acids is 1. The van der Waals surface area contributed by atoms with E-state index in [1.807, 2.05) is 6.92 Å². The van der Waals surface area contributed by atoms with Crippen LogP contribution in [-0.2, 0) is 4.79 Å². The molecule has 116 valence electrons. The van der Waals surface area contributed by atoms with Gasteiger partial charge in [-0.3, -0.25) is 9.69 Å². The van der Waals surface area contributed by atoms with Crippen LogP contribution in [0.25, 0.3) is 0 Å². The summed E-state index contributed by atoms with van der Waals surface area (Å²) in [5.74, 6) is -0.215. The summed E-state index contributed by atoms with van der Waals surface area (Å²) >= 11 is 0. The second-order valence-corrected chi connectivity index (χ2v) is 5.32. The molecule has 1 aromatic carbocycles. The molecule has 2 rings (SSSR count). The Morgan fingerprint density at radius 2 is 2.00 bits per heavy atom. The molecule has 0 saturated carbocycles. The van der Waals surface area contributed by atoms with Gasteiger partial charge in [0, 0.05) is 24.8 Å². The summed E-state index contributed by atoms with van der Waals surface area (Å²) in [4.78, 5) is 16.5. The first-order chi connectivity index (χ1) is 10.2. The summed E-state index contributed by atoms with van der Waals surface area (Å²) in [6, 6.07) is 6.53. The number of hydrogen-bond donors (Lipinski definition) is 1. The summed E-state index contributed by atoms with van der Waals surface area (Å²) in [6.45, 7) is 7.85. The number of amides is 1. The monoisotopic (exact) mass is 293 g/mol. The van der Waals surface area contributed by atoms with Crippen LogP contribution in [0.4, 0.5) is 10.1 Å². The fourth-order valence-electron chi connectivity index (χ4n) is 2.83. The van der Waals surface area contributed by atoms with E-state index in [-0.39, 0.29) is 11.7 Å². The van der Waals surface area contributed by atoms with Gasteiger partial charge in [-0.2, -0.15) is 0 Å². The van der Waals surface area contributed by atoms with Crippen molar-refractivity contribution in [2.24, 2.45) is 0 Å². The van der Waals surface area contributed by atoms with Crippen LogP contribution in [0.15, 0.2) is 24.3 Å². The molecule has 21 heavy (non-hydrogen) atoms. The summed E-state index contributed by atoms with van der Waals surface area (Å²) in [5, 5.41) is 3.33. The maximum absolute atomic E-state index is 13.0. The molecule has 1 saturated heterocycles. The van der Waals surface area contributed by atoms with Gasteiger partial charge in [0.25, 0.3) is 0 Å². The average molecular weight is 293 g/mol. The number of nitrogens with zero attached hydrogens (tertiary/aromatic N) is 2. The summed E-state index contributed by atoms with van der Waals surface area (Å²) < 4.78 is 13.0. The SMILES string of the molecule is CCN(C(=O)CN(CC)C1CCNC1)c1ccc(F)cc1. The topological polar surface area (TPSA) is 35.6 Å². The Kier molecular flexibility index (Phi) is 5.70. The number of halogens is 1. The van der Waals surface area contributed by atoms with Crippen molar-refractivity contribution in [1.82, 2.24) is 10.2 Å². The molecule has 1 aliphatic heterocycles. The first-order valence-corrected chi connectivity index (χ1v) is 7.66. The van der Waals surface area contributed by atoms with E-state index < -0.39 is 0 Å². The number of benzene rings is 1. The molecule has 1 amide bonds. The third-order valence-corrected chi connectivity index (χ3v) is 4.05. The van der Waals surface area contributed by atoms with Crippen molar-refractivity contribution in [3.05, 3.63) is 30.1 Å². The van der Waals surface area contributed by atoms with Crippen LogP contribution in [0.2, 0.25) is 0 Å². The first kappa shape index (κ1) is 15.9. The van der Waals surface area contributed by atoms with Gasteiger partial charge in [-0.15, -0.1) is 0 Å².